The lowest BCUT2D eigenvalue weighted by Crippen LogP contribution is -2.43. The molecule has 0 N–H and O–H groups in total. The summed E-state index contributed by atoms with van der Waals surface area (Å²) in [6.07, 6.45) is 0. The first-order valence-electron chi connectivity index (χ1n) is 12.5. The predicted octanol–water partition coefficient (Wildman–Crippen LogP) is 9.55. The first-order valence-corrected chi connectivity index (χ1v) is 12.5. The Balaban J connectivity index is 1.58. The molecule has 6 rings (SSSR count). The highest BCUT2D eigenvalue weighted by atomic mass is 15.1. The maximum absolute atomic E-state index is 2.43. The first-order chi connectivity index (χ1) is 16.9. The van der Waals surface area contributed by atoms with Gasteiger partial charge in [0.1, 0.15) is 0 Å². The van der Waals surface area contributed by atoms with Crippen molar-refractivity contribution in [1.82, 2.24) is 0 Å². The summed E-state index contributed by atoms with van der Waals surface area (Å²) < 4.78 is 0. The number of fused-ring (bicyclic) bond motifs is 4. The van der Waals surface area contributed by atoms with Crippen LogP contribution >= 0.6 is 0 Å². The fourth-order valence-corrected chi connectivity index (χ4v) is 5.70. The molecule has 0 spiro atoms. The third kappa shape index (κ3) is 3.30. The van der Waals surface area contributed by atoms with Crippen molar-refractivity contribution in [3.8, 4) is 11.1 Å². The van der Waals surface area contributed by atoms with Gasteiger partial charge in [-0.1, -0.05) is 107 Å². The summed E-state index contributed by atoms with van der Waals surface area (Å²) in [5, 5.41) is 2.51. The molecule has 0 unspecified atom stereocenters. The van der Waals surface area contributed by atoms with Crippen LogP contribution in [0, 0.1) is 0 Å². The summed E-state index contributed by atoms with van der Waals surface area (Å²) in [7, 11) is 0. The number of rotatable bonds is 3. The van der Waals surface area contributed by atoms with E-state index in [0.717, 1.165) is 5.69 Å². The second-order valence-corrected chi connectivity index (χ2v) is 10.7. The van der Waals surface area contributed by atoms with Gasteiger partial charge in [0.05, 0.1) is 0 Å². The van der Waals surface area contributed by atoms with Crippen molar-refractivity contribution < 1.29 is 0 Å². The summed E-state index contributed by atoms with van der Waals surface area (Å²) >= 11 is 0. The molecule has 0 radical (unpaired) electrons. The standard InChI is InChI=1S/C34H31N/c1-33(2)31-17-11-10-16-29(31)30-21-20-28(23-32(30)34(33,3)4)35(26-14-6-5-7-15-26)27-19-18-24-12-8-9-13-25(24)22-27/h5-23H,1-4H3. The molecule has 0 atom stereocenters. The highest BCUT2D eigenvalue weighted by molar-refractivity contribution is 5.90. The Morgan fingerprint density at radius 3 is 1.80 bits per heavy atom. The van der Waals surface area contributed by atoms with Crippen LogP contribution in [0.25, 0.3) is 21.9 Å². The van der Waals surface area contributed by atoms with Crippen molar-refractivity contribution >= 4 is 27.8 Å². The smallest absolute Gasteiger partial charge is 0.0468 e. The molecule has 5 aromatic rings. The molecule has 0 fully saturated rings. The molecular weight excluding hydrogens is 422 g/mol. The van der Waals surface area contributed by atoms with Gasteiger partial charge in [-0.15, -0.1) is 0 Å². The number of anilines is 3. The number of para-hydroxylation sites is 1. The van der Waals surface area contributed by atoms with Crippen molar-refractivity contribution in [2.75, 3.05) is 4.90 Å². The molecule has 0 amide bonds. The second kappa shape index (κ2) is 7.85. The van der Waals surface area contributed by atoms with Crippen LogP contribution in [0.2, 0.25) is 0 Å². The molecule has 0 aromatic heterocycles. The molecule has 172 valence electrons. The maximum Gasteiger partial charge on any atom is 0.0468 e. The lowest BCUT2D eigenvalue weighted by atomic mass is 9.55. The zero-order valence-electron chi connectivity index (χ0n) is 20.9. The Bertz CT molecular complexity index is 1540. The van der Waals surface area contributed by atoms with Crippen molar-refractivity contribution in [1.29, 1.82) is 0 Å². The fourth-order valence-electron chi connectivity index (χ4n) is 5.70. The first kappa shape index (κ1) is 21.7. The van der Waals surface area contributed by atoms with Gasteiger partial charge in [-0.25, -0.2) is 0 Å². The summed E-state index contributed by atoms with van der Waals surface area (Å²) in [6.45, 7) is 9.57. The molecule has 0 bridgehead atoms. The minimum atomic E-state index is -0.0293. The molecule has 1 aliphatic rings. The van der Waals surface area contributed by atoms with Crippen LogP contribution in [0.1, 0.15) is 38.8 Å². The molecule has 0 aliphatic heterocycles. The van der Waals surface area contributed by atoms with E-state index in [2.05, 4.69) is 148 Å². The quantitative estimate of drug-likeness (QED) is 0.263. The monoisotopic (exact) mass is 453 g/mol. The summed E-state index contributed by atoms with van der Waals surface area (Å²) in [4.78, 5) is 2.39. The molecule has 0 saturated heterocycles. The van der Waals surface area contributed by atoms with Gasteiger partial charge >= 0.3 is 0 Å². The predicted molar refractivity (Wildman–Crippen MR) is 150 cm³/mol. The third-order valence-corrected chi connectivity index (χ3v) is 8.39. The highest BCUT2D eigenvalue weighted by Gasteiger charge is 2.45. The average Bonchev–Trinajstić information content (AvgIpc) is 2.88. The van der Waals surface area contributed by atoms with E-state index in [1.165, 1.54) is 44.4 Å². The lowest BCUT2D eigenvalue weighted by Gasteiger charge is -2.48. The third-order valence-electron chi connectivity index (χ3n) is 8.39. The average molecular weight is 454 g/mol. The largest absolute Gasteiger partial charge is 0.310 e. The van der Waals surface area contributed by atoms with Crippen molar-refractivity contribution in [2.45, 2.75) is 38.5 Å². The van der Waals surface area contributed by atoms with Gasteiger partial charge in [-0.3, -0.25) is 0 Å². The Hall–Kier alpha value is -3.84. The van der Waals surface area contributed by atoms with Crippen LogP contribution in [0.3, 0.4) is 0 Å². The van der Waals surface area contributed by atoms with E-state index in [-0.39, 0.29) is 10.8 Å². The molecule has 1 nitrogen and oxygen atoms in total. The van der Waals surface area contributed by atoms with E-state index in [1.807, 2.05) is 0 Å². The van der Waals surface area contributed by atoms with E-state index in [4.69, 9.17) is 0 Å². The van der Waals surface area contributed by atoms with Gasteiger partial charge in [0.25, 0.3) is 0 Å². The van der Waals surface area contributed by atoms with E-state index in [9.17, 15) is 0 Å². The van der Waals surface area contributed by atoms with Crippen molar-refractivity contribution in [3.05, 3.63) is 126 Å². The summed E-state index contributed by atoms with van der Waals surface area (Å²) in [5.74, 6) is 0. The number of hydrogen-bond donors (Lipinski definition) is 0. The Labute approximate surface area is 208 Å². The zero-order chi connectivity index (χ0) is 24.2. The molecule has 1 aliphatic carbocycles. The summed E-state index contributed by atoms with van der Waals surface area (Å²) in [5.41, 5.74) is 9.04. The van der Waals surface area contributed by atoms with Gasteiger partial charge in [0.15, 0.2) is 0 Å². The van der Waals surface area contributed by atoms with Gasteiger partial charge in [0, 0.05) is 17.1 Å². The number of benzene rings is 5. The molecule has 0 saturated carbocycles. The Morgan fingerprint density at radius 1 is 0.429 bits per heavy atom. The number of nitrogens with zero attached hydrogens (tertiary/aromatic N) is 1. The van der Waals surface area contributed by atoms with Gasteiger partial charge in [-0.2, -0.15) is 0 Å². The van der Waals surface area contributed by atoms with E-state index < -0.39 is 0 Å². The minimum absolute atomic E-state index is 0.00967. The zero-order valence-corrected chi connectivity index (χ0v) is 20.9. The Morgan fingerprint density at radius 2 is 1.00 bits per heavy atom. The fraction of sp³-hybridized carbons (Fsp3) is 0.176. The molecule has 35 heavy (non-hydrogen) atoms. The van der Waals surface area contributed by atoms with Crippen molar-refractivity contribution in [3.63, 3.8) is 0 Å². The molecule has 5 aromatic carbocycles. The second-order valence-electron chi connectivity index (χ2n) is 10.7. The SMILES string of the molecule is CC1(C)c2ccccc2-c2ccc(N(c3ccccc3)c3ccc4ccccc4c3)cc2C1(C)C. The number of hydrogen-bond acceptors (Lipinski definition) is 1. The van der Waals surface area contributed by atoms with E-state index >= 15 is 0 Å². The van der Waals surface area contributed by atoms with E-state index in [0.29, 0.717) is 0 Å². The topological polar surface area (TPSA) is 3.24 Å². The summed E-state index contributed by atoms with van der Waals surface area (Å²) in [6, 6.07) is 42.0. The lowest BCUT2D eigenvalue weighted by molar-refractivity contribution is 0.299. The molecular formula is C34H31N. The molecule has 1 heteroatoms. The minimum Gasteiger partial charge on any atom is -0.310 e. The van der Waals surface area contributed by atoms with Gasteiger partial charge < -0.3 is 4.90 Å². The van der Waals surface area contributed by atoms with Crippen LogP contribution in [0.4, 0.5) is 17.1 Å². The van der Waals surface area contributed by atoms with Crippen LogP contribution in [0.15, 0.2) is 115 Å². The van der Waals surface area contributed by atoms with Gasteiger partial charge in [-0.05, 0) is 80.3 Å². The molecule has 0 heterocycles. The van der Waals surface area contributed by atoms with Crippen LogP contribution < -0.4 is 4.90 Å². The van der Waals surface area contributed by atoms with Gasteiger partial charge in [0.2, 0.25) is 0 Å². The van der Waals surface area contributed by atoms with Crippen LogP contribution in [0.5, 0.6) is 0 Å². The highest BCUT2D eigenvalue weighted by Crippen LogP contribution is 2.54. The van der Waals surface area contributed by atoms with E-state index in [1.54, 1.807) is 0 Å². The maximum atomic E-state index is 2.43. The van der Waals surface area contributed by atoms with Crippen molar-refractivity contribution in [2.24, 2.45) is 0 Å². The normalized spacial score (nSPS) is 15.3. The Kier molecular flexibility index (Phi) is 4.86. The van der Waals surface area contributed by atoms with Crippen LogP contribution in [-0.4, -0.2) is 0 Å². The van der Waals surface area contributed by atoms with Crippen LogP contribution in [-0.2, 0) is 10.8 Å².